The molecule has 90 valence electrons. The van der Waals surface area contributed by atoms with Gasteiger partial charge in [0.15, 0.2) is 9.84 Å². The van der Waals surface area contributed by atoms with Gasteiger partial charge >= 0.3 is 0 Å². The van der Waals surface area contributed by atoms with Gasteiger partial charge in [-0.3, -0.25) is 0 Å². The van der Waals surface area contributed by atoms with Crippen LogP contribution in [0.15, 0.2) is 9.85 Å². The van der Waals surface area contributed by atoms with Crippen LogP contribution in [-0.2, 0) is 9.84 Å². The number of halogens is 3. The number of thiophene rings is 1. The molecule has 0 aliphatic carbocycles. The minimum absolute atomic E-state index is 0.0820. The third kappa shape index (κ3) is 2.83. The van der Waals surface area contributed by atoms with Gasteiger partial charge in [0.25, 0.3) is 0 Å². The molecule has 0 spiro atoms. The van der Waals surface area contributed by atoms with Gasteiger partial charge in [-0.2, -0.15) is 0 Å². The summed E-state index contributed by atoms with van der Waals surface area (Å²) in [5, 5.41) is 0.685. The Morgan fingerprint density at radius 2 is 2.25 bits per heavy atom. The molecule has 1 fully saturated rings. The van der Waals surface area contributed by atoms with E-state index in [4.69, 9.17) is 11.6 Å². The van der Waals surface area contributed by atoms with Crippen LogP contribution in [0, 0.1) is 5.92 Å². The first-order valence-electron chi connectivity index (χ1n) is 4.68. The van der Waals surface area contributed by atoms with E-state index in [0.29, 0.717) is 10.8 Å². The molecule has 2 rings (SSSR count). The van der Waals surface area contributed by atoms with Gasteiger partial charge in [0, 0.05) is 4.88 Å². The third-order valence-corrected chi connectivity index (χ3v) is 8.51. The minimum Gasteiger partial charge on any atom is -0.229 e. The maximum Gasteiger partial charge on any atom is 0.150 e. The van der Waals surface area contributed by atoms with Gasteiger partial charge in [0.05, 0.1) is 25.1 Å². The fourth-order valence-corrected chi connectivity index (χ4v) is 6.56. The first-order valence-corrected chi connectivity index (χ1v) is 9.41. The zero-order chi connectivity index (χ0) is 11.9. The standard InChI is InChI=1S/C9H9Br2ClO2S2/c10-8(5-1-2-16(13,14)4-5)7-3-6(12)9(11)15-7/h3,5,8H,1-2,4H2. The lowest BCUT2D eigenvalue weighted by Crippen LogP contribution is -2.09. The first-order chi connectivity index (χ1) is 7.39. The molecule has 0 aromatic carbocycles. The Labute approximate surface area is 121 Å². The monoisotopic (exact) mass is 406 g/mol. The average Bonchev–Trinajstić information content (AvgIpc) is 2.70. The Kier molecular flexibility index (Phi) is 4.07. The molecular formula is C9H9Br2ClO2S2. The van der Waals surface area contributed by atoms with Crippen LogP contribution in [-0.4, -0.2) is 19.9 Å². The predicted molar refractivity (Wildman–Crippen MR) is 75.5 cm³/mol. The molecule has 2 atom stereocenters. The van der Waals surface area contributed by atoms with Gasteiger partial charge in [0.2, 0.25) is 0 Å². The highest BCUT2D eigenvalue weighted by molar-refractivity contribution is 9.11. The Morgan fingerprint density at radius 1 is 1.56 bits per heavy atom. The normalized spacial score (nSPS) is 25.8. The van der Waals surface area contributed by atoms with Crippen molar-refractivity contribution in [3.63, 3.8) is 0 Å². The molecule has 1 aliphatic rings. The summed E-state index contributed by atoms with van der Waals surface area (Å²) < 4.78 is 23.7. The highest BCUT2D eigenvalue weighted by Crippen LogP contribution is 2.44. The zero-order valence-corrected chi connectivity index (χ0v) is 13.7. The minimum atomic E-state index is -2.82. The van der Waals surface area contributed by atoms with Crippen LogP contribution in [0.2, 0.25) is 5.02 Å². The largest absolute Gasteiger partial charge is 0.229 e. The smallest absolute Gasteiger partial charge is 0.150 e. The summed E-state index contributed by atoms with van der Waals surface area (Å²) in [6.45, 7) is 0. The van der Waals surface area contributed by atoms with Crippen LogP contribution >= 0.6 is 54.8 Å². The van der Waals surface area contributed by atoms with Gasteiger partial charge in [0.1, 0.15) is 0 Å². The van der Waals surface area contributed by atoms with E-state index in [1.165, 1.54) is 0 Å². The molecule has 2 nitrogen and oxygen atoms in total. The predicted octanol–water partition coefficient (Wildman–Crippen LogP) is 4.03. The summed E-state index contributed by atoms with van der Waals surface area (Å²) in [6, 6.07) is 1.89. The van der Waals surface area contributed by atoms with E-state index in [2.05, 4.69) is 31.9 Å². The van der Waals surface area contributed by atoms with Gasteiger partial charge < -0.3 is 0 Å². The summed E-state index contributed by atoms with van der Waals surface area (Å²) >= 11 is 14.5. The van der Waals surface area contributed by atoms with Crippen LogP contribution in [0.25, 0.3) is 0 Å². The molecule has 0 bridgehead atoms. The molecule has 1 saturated heterocycles. The molecule has 0 amide bonds. The molecule has 1 aliphatic heterocycles. The maximum atomic E-state index is 11.4. The van der Waals surface area contributed by atoms with Crippen molar-refractivity contribution < 1.29 is 8.42 Å². The van der Waals surface area contributed by atoms with Crippen LogP contribution in [0.5, 0.6) is 0 Å². The topological polar surface area (TPSA) is 34.1 Å². The van der Waals surface area contributed by atoms with Crippen LogP contribution in [0.4, 0.5) is 0 Å². The van der Waals surface area contributed by atoms with E-state index in [9.17, 15) is 8.42 Å². The molecule has 2 unspecified atom stereocenters. The second-order valence-corrected chi connectivity index (χ2v) is 9.86. The van der Waals surface area contributed by atoms with Crippen LogP contribution < -0.4 is 0 Å². The van der Waals surface area contributed by atoms with Crippen molar-refractivity contribution in [1.82, 2.24) is 0 Å². The van der Waals surface area contributed by atoms with Crippen molar-refractivity contribution >= 4 is 64.6 Å². The fraction of sp³-hybridized carbons (Fsp3) is 0.556. The Hall–Kier alpha value is 0.900. The van der Waals surface area contributed by atoms with Gasteiger partial charge in [-0.1, -0.05) is 27.5 Å². The van der Waals surface area contributed by atoms with Gasteiger partial charge in [-0.15, -0.1) is 11.3 Å². The summed E-state index contributed by atoms with van der Waals surface area (Å²) in [7, 11) is -2.82. The second kappa shape index (κ2) is 4.88. The number of alkyl halides is 1. The maximum absolute atomic E-state index is 11.4. The zero-order valence-electron chi connectivity index (χ0n) is 8.12. The number of hydrogen-bond acceptors (Lipinski definition) is 3. The lowest BCUT2D eigenvalue weighted by Gasteiger charge is -2.13. The van der Waals surface area contributed by atoms with E-state index < -0.39 is 9.84 Å². The van der Waals surface area contributed by atoms with Crippen molar-refractivity contribution in [1.29, 1.82) is 0 Å². The molecule has 0 saturated carbocycles. The molecule has 1 aromatic rings. The fourth-order valence-electron chi connectivity index (χ4n) is 1.79. The Morgan fingerprint density at radius 3 is 2.69 bits per heavy atom. The summed E-state index contributed by atoms with van der Waals surface area (Å²) in [5.41, 5.74) is 0. The van der Waals surface area contributed by atoms with Crippen LogP contribution in [0.1, 0.15) is 16.1 Å². The quantitative estimate of drug-likeness (QED) is 0.693. The van der Waals surface area contributed by atoms with E-state index in [1.54, 1.807) is 11.3 Å². The first kappa shape index (κ1) is 13.3. The third-order valence-electron chi connectivity index (χ3n) is 2.62. The summed E-state index contributed by atoms with van der Waals surface area (Å²) in [5.74, 6) is 0.738. The molecular weight excluding hydrogens is 399 g/mol. The number of sulfone groups is 1. The lowest BCUT2D eigenvalue weighted by atomic mass is 10.0. The number of hydrogen-bond donors (Lipinski definition) is 0. The highest BCUT2D eigenvalue weighted by atomic mass is 79.9. The Balaban J connectivity index is 2.17. The van der Waals surface area contributed by atoms with Crippen molar-refractivity contribution in [3.8, 4) is 0 Å². The molecule has 16 heavy (non-hydrogen) atoms. The van der Waals surface area contributed by atoms with Crippen LogP contribution in [0.3, 0.4) is 0 Å². The molecule has 0 radical (unpaired) electrons. The summed E-state index contributed by atoms with van der Waals surface area (Å²) in [6.07, 6.45) is 0.728. The van der Waals surface area contributed by atoms with Crippen molar-refractivity contribution in [2.45, 2.75) is 11.2 Å². The molecule has 1 aromatic heterocycles. The lowest BCUT2D eigenvalue weighted by molar-refractivity contribution is 0.583. The molecule has 2 heterocycles. The highest BCUT2D eigenvalue weighted by Gasteiger charge is 2.34. The average molecular weight is 409 g/mol. The molecule has 7 heteroatoms. The summed E-state index contributed by atoms with van der Waals surface area (Å²) in [4.78, 5) is 1.16. The van der Waals surface area contributed by atoms with Crippen molar-refractivity contribution in [3.05, 3.63) is 19.8 Å². The van der Waals surface area contributed by atoms with E-state index in [1.807, 2.05) is 6.07 Å². The van der Waals surface area contributed by atoms with Gasteiger partial charge in [-0.25, -0.2) is 8.42 Å². The van der Waals surface area contributed by atoms with E-state index in [0.717, 1.165) is 15.1 Å². The van der Waals surface area contributed by atoms with E-state index >= 15 is 0 Å². The second-order valence-electron chi connectivity index (χ2n) is 3.84. The molecule has 0 N–H and O–H groups in total. The Bertz CT molecular complexity index is 478. The van der Waals surface area contributed by atoms with Gasteiger partial charge in [-0.05, 0) is 34.3 Å². The SMILES string of the molecule is O=S1(=O)CCC(C(Br)c2cc(Cl)c(Br)s2)C1. The van der Waals surface area contributed by atoms with E-state index in [-0.39, 0.29) is 16.5 Å². The van der Waals surface area contributed by atoms with Crippen molar-refractivity contribution in [2.24, 2.45) is 5.92 Å². The number of rotatable bonds is 2. The van der Waals surface area contributed by atoms with Crippen molar-refractivity contribution in [2.75, 3.05) is 11.5 Å².